The molecule has 0 aliphatic rings. The van der Waals surface area contributed by atoms with Crippen LogP contribution in [0.3, 0.4) is 0 Å². The third-order valence-corrected chi connectivity index (χ3v) is 3.53. The van der Waals surface area contributed by atoms with Gasteiger partial charge < -0.3 is 10.1 Å². The van der Waals surface area contributed by atoms with Gasteiger partial charge in [0, 0.05) is 11.8 Å². The molecule has 0 amide bonds. The van der Waals surface area contributed by atoms with Gasteiger partial charge in [0.1, 0.15) is 0 Å². The molecule has 2 N–H and O–H groups in total. The summed E-state index contributed by atoms with van der Waals surface area (Å²) in [5.41, 5.74) is 5.73. The Bertz CT molecular complexity index is 768. The third kappa shape index (κ3) is 2.58. The van der Waals surface area contributed by atoms with Crippen molar-refractivity contribution in [2.45, 2.75) is 6.92 Å². The van der Waals surface area contributed by atoms with E-state index in [-0.39, 0.29) is 0 Å². The summed E-state index contributed by atoms with van der Waals surface area (Å²) in [6.07, 6.45) is 1.90. The first kappa shape index (κ1) is 13.2. The average Bonchev–Trinajstić information content (AvgIpc) is 2.97. The van der Waals surface area contributed by atoms with E-state index in [4.69, 9.17) is 5.11 Å². The highest BCUT2D eigenvalue weighted by atomic mass is 16.4. The van der Waals surface area contributed by atoms with Gasteiger partial charge in [-0.25, -0.2) is 4.79 Å². The number of aromatic amines is 1. The van der Waals surface area contributed by atoms with Crippen LogP contribution in [0, 0.1) is 6.92 Å². The molecule has 1 heterocycles. The summed E-state index contributed by atoms with van der Waals surface area (Å²) in [6.45, 7) is 2.06. The molecular formula is C18H15NO2. The van der Waals surface area contributed by atoms with Crippen LogP contribution in [0.25, 0.3) is 22.4 Å². The average molecular weight is 277 g/mol. The lowest BCUT2D eigenvalue weighted by atomic mass is 10.00. The molecule has 0 atom stereocenters. The molecule has 0 fully saturated rings. The number of carboxylic acid groups (broad SMARTS) is 1. The zero-order valence-corrected chi connectivity index (χ0v) is 11.6. The summed E-state index contributed by atoms with van der Waals surface area (Å²) in [7, 11) is 0. The van der Waals surface area contributed by atoms with Crippen molar-refractivity contribution in [3.05, 3.63) is 71.9 Å². The molecule has 0 aliphatic carbocycles. The Labute approximate surface area is 122 Å². The van der Waals surface area contributed by atoms with Crippen LogP contribution in [0.4, 0.5) is 0 Å². The van der Waals surface area contributed by atoms with E-state index in [9.17, 15) is 4.79 Å². The Morgan fingerprint density at radius 1 is 0.905 bits per heavy atom. The number of aromatic carboxylic acids is 1. The predicted molar refractivity (Wildman–Crippen MR) is 83.4 cm³/mol. The summed E-state index contributed by atoms with van der Waals surface area (Å²) in [4.78, 5) is 14.2. The molecule has 21 heavy (non-hydrogen) atoms. The summed E-state index contributed by atoms with van der Waals surface area (Å²) in [5.74, 6) is -0.908. The molecule has 3 heteroatoms. The van der Waals surface area contributed by atoms with E-state index in [0.717, 1.165) is 22.4 Å². The number of aryl methyl sites for hydroxylation is 1. The van der Waals surface area contributed by atoms with Crippen LogP contribution >= 0.6 is 0 Å². The molecule has 0 aliphatic heterocycles. The fourth-order valence-electron chi connectivity index (χ4n) is 2.36. The quantitative estimate of drug-likeness (QED) is 0.747. The molecule has 0 spiro atoms. The zero-order chi connectivity index (χ0) is 14.8. The first-order chi connectivity index (χ1) is 10.1. The Kier molecular flexibility index (Phi) is 3.32. The molecule has 3 nitrogen and oxygen atoms in total. The Morgan fingerprint density at radius 3 is 2.14 bits per heavy atom. The number of benzene rings is 2. The van der Waals surface area contributed by atoms with E-state index in [2.05, 4.69) is 36.2 Å². The van der Waals surface area contributed by atoms with Crippen LogP contribution in [0.5, 0.6) is 0 Å². The minimum atomic E-state index is -0.908. The highest BCUT2D eigenvalue weighted by molar-refractivity contribution is 5.89. The number of nitrogens with one attached hydrogen (secondary N) is 1. The Morgan fingerprint density at radius 2 is 1.52 bits per heavy atom. The van der Waals surface area contributed by atoms with Crippen molar-refractivity contribution in [3.63, 3.8) is 0 Å². The maximum absolute atomic E-state index is 10.9. The largest absolute Gasteiger partial charge is 0.478 e. The van der Waals surface area contributed by atoms with Crippen molar-refractivity contribution in [1.29, 1.82) is 0 Å². The van der Waals surface area contributed by atoms with Gasteiger partial charge >= 0.3 is 5.97 Å². The van der Waals surface area contributed by atoms with Gasteiger partial charge in [-0.05, 0) is 36.2 Å². The van der Waals surface area contributed by atoms with Crippen LogP contribution in [0.2, 0.25) is 0 Å². The lowest BCUT2D eigenvalue weighted by molar-refractivity contribution is 0.0697. The fourth-order valence-corrected chi connectivity index (χ4v) is 2.36. The van der Waals surface area contributed by atoms with Gasteiger partial charge in [-0.3, -0.25) is 0 Å². The van der Waals surface area contributed by atoms with E-state index in [1.54, 1.807) is 12.1 Å². The fraction of sp³-hybridized carbons (Fsp3) is 0.0556. The molecule has 1 aromatic heterocycles. The Hall–Kier alpha value is -2.81. The van der Waals surface area contributed by atoms with Gasteiger partial charge in [-0.15, -0.1) is 0 Å². The number of carbonyl (C=O) groups is 1. The highest BCUT2D eigenvalue weighted by Crippen LogP contribution is 2.31. The van der Waals surface area contributed by atoms with E-state index in [1.807, 2.05) is 24.4 Å². The number of carboxylic acids is 1. The van der Waals surface area contributed by atoms with Gasteiger partial charge in [0.05, 0.1) is 11.3 Å². The van der Waals surface area contributed by atoms with Gasteiger partial charge in [-0.2, -0.15) is 0 Å². The lowest BCUT2D eigenvalue weighted by Crippen LogP contribution is -1.95. The number of H-pyrrole nitrogens is 1. The second-order valence-electron chi connectivity index (χ2n) is 5.01. The molecule has 0 radical (unpaired) electrons. The van der Waals surface area contributed by atoms with Crippen LogP contribution in [-0.4, -0.2) is 16.1 Å². The maximum atomic E-state index is 10.9. The second kappa shape index (κ2) is 5.29. The van der Waals surface area contributed by atoms with Gasteiger partial charge in [-0.1, -0.05) is 42.0 Å². The smallest absolute Gasteiger partial charge is 0.335 e. The van der Waals surface area contributed by atoms with Crippen LogP contribution in [0.1, 0.15) is 15.9 Å². The first-order valence-corrected chi connectivity index (χ1v) is 6.73. The van der Waals surface area contributed by atoms with Crippen LogP contribution in [-0.2, 0) is 0 Å². The molecule has 3 aromatic rings. The van der Waals surface area contributed by atoms with E-state index >= 15 is 0 Å². The van der Waals surface area contributed by atoms with Crippen molar-refractivity contribution < 1.29 is 9.90 Å². The first-order valence-electron chi connectivity index (χ1n) is 6.73. The monoisotopic (exact) mass is 277 g/mol. The number of rotatable bonds is 3. The van der Waals surface area contributed by atoms with Crippen molar-refractivity contribution in [2.75, 3.05) is 0 Å². The molecule has 2 aromatic carbocycles. The van der Waals surface area contributed by atoms with E-state index in [0.29, 0.717) is 5.56 Å². The van der Waals surface area contributed by atoms with Gasteiger partial charge in [0.25, 0.3) is 0 Å². The summed E-state index contributed by atoms with van der Waals surface area (Å²) < 4.78 is 0. The lowest BCUT2D eigenvalue weighted by Gasteiger charge is -2.06. The van der Waals surface area contributed by atoms with Crippen LogP contribution < -0.4 is 0 Å². The maximum Gasteiger partial charge on any atom is 0.335 e. The topological polar surface area (TPSA) is 53.1 Å². The summed E-state index contributed by atoms with van der Waals surface area (Å²) >= 11 is 0. The summed E-state index contributed by atoms with van der Waals surface area (Å²) in [5, 5.41) is 8.96. The highest BCUT2D eigenvalue weighted by Gasteiger charge is 2.09. The standard InChI is InChI=1S/C18H15NO2/c1-12-2-4-14(5-3-12)17-16(10-11-19-17)13-6-8-15(9-7-13)18(20)21/h2-11,19H,1H3,(H,20,21). The molecule has 0 bridgehead atoms. The number of hydrogen-bond acceptors (Lipinski definition) is 1. The molecule has 0 unspecified atom stereocenters. The van der Waals surface area contributed by atoms with Gasteiger partial charge in [0.2, 0.25) is 0 Å². The normalized spacial score (nSPS) is 10.5. The molecule has 0 saturated carbocycles. The minimum absolute atomic E-state index is 0.297. The van der Waals surface area contributed by atoms with E-state index < -0.39 is 5.97 Å². The number of aromatic nitrogens is 1. The van der Waals surface area contributed by atoms with Gasteiger partial charge in [0.15, 0.2) is 0 Å². The molecule has 104 valence electrons. The molecular weight excluding hydrogens is 262 g/mol. The van der Waals surface area contributed by atoms with Crippen molar-refractivity contribution in [2.24, 2.45) is 0 Å². The third-order valence-electron chi connectivity index (χ3n) is 3.53. The summed E-state index contributed by atoms with van der Waals surface area (Å²) in [6, 6.07) is 17.3. The zero-order valence-electron chi connectivity index (χ0n) is 11.6. The van der Waals surface area contributed by atoms with Crippen molar-refractivity contribution >= 4 is 5.97 Å². The van der Waals surface area contributed by atoms with Crippen molar-refractivity contribution in [3.8, 4) is 22.4 Å². The SMILES string of the molecule is Cc1ccc(-c2[nH]ccc2-c2ccc(C(=O)O)cc2)cc1. The molecule has 0 saturated heterocycles. The Balaban J connectivity index is 2.02. The predicted octanol–water partition coefficient (Wildman–Crippen LogP) is 4.36. The number of hydrogen-bond donors (Lipinski definition) is 2. The van der Waals surface area contributed by atoms with E-state index in [1.165, 1.54) is 5.56 Å². The van der Waals surface area contributed by atoms with Crippen molar-refractivity contribution in [1.82, 2.24) is 4.98 Å². The second-order valence-corrected chi connectivity index (χ2v) is 5.01. The van der Waals surface area contributed by atoms with Crippen LogP contribution in [0.15, 0.2) is 60.8 Å². The molecule has 3 rings (SSSR count). The minimum Gasteiger partial charge on any atom is -0.478 e.